The fourth-order valence-corrected chi connectivity index (χ4v) is 3.58. The number of ether oxygens (including phenoxy) is 3. The van der Waals surface area contributed by atoms with Crippen LogP contribution in [0.3, 0.4) is 0 Å². The average molecular weight is 548 g/mol. The van der Waals surface area contributed by atoms with Crippen LogP contribution in [0.15, 0.2) is 35.9 Å². The molecule has 0 aliphatic rings. The maximum absolute atomic E-state index is 12.7. The molecular weight excluding hydrogens is 523 g/mol. The van der Waals surface area contributed by atoms with Crippen LogP contribution in [0.5, 0.6) is 11.5 Å². The third-order valence-electron chi connectivity index (χ3n) is 4.50. The Morgan fingerprint density at radius 1 is 1.16 bits per heavy atom. The highest BCUT2D eigenvalue weighted by Crippen LogP contribution is 2.35. The number of anilines is 1. The van der Waals surface area contributed by atoms with Crippen LogP contribution in [-0.2, 0) is 14.3 Å². The van der Waals surface area contributed by atoms with Crippen LogP contribution < -0.4 is 14.8 Å². The number of benzene rings is 2. The zero-order valence-electron chi connectivity index (χ0n) is 18.5. The van der Waals surface area contributed by atoms with Crippen molar-refractivity contribution < 1.29 is 23.8 Å². The molecule has 0 saturated carbocycles. The van der Waals surface area contributed by atoms with Crippen LogP contribution in [0.1, 0.15) is 30.5 Å². The Labute approximate surface area is 201 Å². The second-order valence-corrected chi connectivity index (χ2v) is 7.89. The highest BCUT2D eigenvalue weighted by Gasteiger charge is 2.16. The first kappa shape index (κ1) is 25.2. The van der Waals surface area contributed by atoms with Gasteiger partial charge in [-0.15, -0.1) is 0 Å². The normalized spacial score (nSPS) is 10.8. The van der Waals surface area contributed by atoms with Gasteiger partial charge in [0.2, 0.25) is 0 Å². The second-order valence-electron chi connectivity index (χ2n) is 6.73. The van der Waals surface area contributed by atoms with Crippen molar-refractivity contribution in [1.29, 1.82) is 5.26 Å². The van der Waals surface area contributed by atoms with Crippen molar-refractivity contribution in [3.63, 3.8) is 0 Å². The van der Waals surface area contributed by atoms with Crippen LogP contribution in [0, 0.1) is 28.7 Å². The molecule has 2 rings (SSSR count). The Hall–Kier alpha value is -3.06. The van der Waals surface area contributed by atoms with Crippen molar-refractivity contribution in [2.75, 3.05) is 25.1 Å². The summed E-state index contributed by atoms with van der Waals surface area (Å²) in [6.45, 7) is 7.79. The van der Waals surface area contributed by atoms with E-state index in [0.717, 1.165) is 11.1 Å². The number of nitrogens with zero attached hydrogens (tertiary/aromatic N) is 1. The van der Waals surface area contributed by atoms with Crippen LogP contribution >= 0.6 is 22.6 Å². The van der Waals surface area contributed by atoms with Gasteiger partial charge in [-0.1, -0.05) is 12.1 Å². The van der Waals surface area contributed by atoms with Gasteiger partial charge in [-0.3, -0.25) is 4.79 Å². The SMILES string of the molecule is CCOC(=O)COc1c(I)cc(/C=C(\C#N)C(=O)Nc2cccc(C)c2C)cc1OCC. The van der Waals surface area contributed by atoms with Gasteiger partial charge in [0.25, 0.3) is 5.91 Å². The van der Waals surface area contributed by atoms with Gasteiger partial charge in [-0.05, 0) is 91.3 Å². The molecule has 0 aliphatic heterocycles. The maximum Gasteiger partial charge on any atom is 0.344 e. The third-order valence-corrected chi connectivity index (χ3v) is 5.30. The first-order valence-corrected chi connectivity index (χ1v) is 11.1. The van der Waals surface area contributed by atoms with E-state index in [2.05, 4.69) is 27.9 Å². The quantitative estimate of drug-likeness (QED) is 0.210. The predicted molar refractivity (Wildman–Crippen MR) is 131 cm³/mol. The lowest BCUT2D eigenvalue weighted by Crippen LogP contribution is -2.16. The molecule has 32 heavy (non-hydrogen) atoms. The van der Waals surface area contributed by atoms with E-state index in [1.54, 1.807) is 25.1 Å². The molecule has 1 N–H and O–H groups in total. The van der Waals surface area contributed by atoms with Crippen LogP contribution in [0.4, 0.5) is 5.69 Å². The largest absolute Gasteiger partial charge is 0.490 e. The Morgan fingerprint density at radius 2 is 1.91 bits per heavy atom. The molecule has 0 atom stereocenters. The van der Waals surface area contributed by atoms with Gasteiger partial charge in [0.05, 0.1) is 16.8 Å². The molecule has 8 heteroatoms. The van der Waals surface area contributed by atoms with E-state index >= 15 is 0 Å². The summed E-state index contributed by atoms with van der Waals surface area (Å²) in [5, 5.41) is 12.4. The Balaban J connectivity index is 2.31. The maximum atomic E-state index is 12.7. The van der Waals surface area contributed by atoms with E-state index in [9.17, 15) is 14.9 Å². The van der Waals surface area contributed by atoms with Crippen molar-refractivity contribution in [1.82, 2.24) is 0 Å². The molecule has 0 aromatic heterocycles. The minimum atomic E-state index is -0.503. The number of amides is 1. The summed E-state index contributed by atoms with van der Waals surface area (Å²) >= 11 is 2.05. The van der Waals surface area contributed by atoms with Gasteiger partial charge < -0.3 is 19.5 Å². The number of aryl methyl sites for hydroxylation is 1. The summed E-state index contributed by atoms with van der Waals surface area (Å²) in [6.07, 6.45) is 1.49. The zero-order chi connectivity index (χ0) is 23.7. The Kier molecular flexibility index (Phi) is 9.53. The molecule has 0 spiro atoms. The van der Waals surface area contributed by atoms with Gasteiger partial charge in [0.15, 0.2) is 18.1 Å². The highest BCUT2D eigenvalue weighted by molar-refractivity contribution is 14.1. The van der Waals surface area contributed by atoms with Gasteiger partial charge >= 0.3 is 5.97 Å². The predicted octanol–water partition coefficient (Wildman–Crippen LogP) is 4.79. The molecule has 2 aromatic carbocycles. The van der Waals surface area contributed by atoms with Crippen LogP contribution in [0.2, 0.25) is 0 Å². The molecule has 7 nitrogen and oxygen atoms in total. The number of carbonyl (C=O) groups excluding carboxylic acids is 2. The number of esters is 1. The number of hydrogen-bond acceptors (Lipinski definition) is 6. The van der Waals surface area contributed by atoms with Gasteiger partial charge in [0.1, 0.15) is 11.6 Å². The summed E-state index contributed by atoms with van der Waals surface area (Å²) in [7, 11) is 0. The number of halogens is 1. The Morgan fingerprint density at radius 3 is 2.56 bits per heavy atom. The molecule has 0 aliphatic carbocycles. The molecule has 0 radical (unpaired) electrons. The molecule has 168 valence electrons. The van der Waals surface area contributed by atoms with Crippen molar-refractivity contribution in [2.24, 2.45) is 0 Å². The lowest BCUT2D eigenvalue weighted by molar-refractivity contribution is -0.145. The lowest BCUT2D eigenvalue weighted by atomic mass is 10.1. The van der Waals surface area contributed by atoms with Crippen molar-refractivity contribution in [2.45, 2.75) is 27.7 Å². The van der Waals surface area contributed by atoms with Gasteiger partial charge in [0, 0.05) is 5.69 Å². The molecule has 0 bridgehead atoms. The highest BCUT2D eigenvalue weighted by atomic mass is 127. The average Bonchev–Trinajstić information content (AvgIpc) is 2.75. The standard InChI is InChI=1S/C24H25IN2O5/c1-5-30-21-12-17(11-19(25)23(21)32-14-22(28)31-6-2)10-18(13-26)24(29)27-20-9-7-8-15(3)16(20)4/h7-12H,5-6,14H2,1-4H3,(H,27,29)/b18-10+. The molecule has 0 heterocycles. The van der Waals surface area contributed by atoms with Crippen molar-refractivity contribution >= 4 is 46.2 Å². The number of nitriles is 1. The lowest BCUT2D eigenvalue weighted by Gasteiger charge is -2.14. The van der Waals surface area contributed by atoms with E-state index < -0.39 is 11.9 Å². The molecular formula is C24H25IN2O5. The smallest absolute Gasteiger partial charge is 0.344 e. The van der Waals surface area contributed by atoms with Gasteiger partial charge in [-0.2, -0.15) is 5.26 Å². The monoisotopic (exact) mass is 548 g/mol. The van der Waals surface area contributed by atoms with Crippen molar-refractivity contribution in [3.05, 3.63) is 56.2 Å². The summed E-state index contributed by atoms with van der Waals surface area (Å²) in [4.78, 5) is 24.3. The first-order chi connectivity index (χ1) is 15.3. The second kappa shape index (κ2) is 12.1. The minimum Gasteiger partial charge on any atom is -0.490 e. The molecule has 0 fully saturated rings. The molecule has 1 amide bonds. The zero-order valence-corrected chi connectivity index (χ0v) is 20.6. The first-order valence-electron chi connectivity index (χ1n) is 10.0. The molecule has 0 unspecified atom stereocenters. The summed E-state index contributed by atoms with van der Waals surface area (Å²) < 4.78 is 16.8. The Bertz CT molecular complexity index is 1070. The van der Waals surface area contributed by atoms with Crippen LogP contribution in [0.25, 0.3) is 6.08 Å². The van der Waals surface area contributed by atoms with Crippen LogP contribution in [-0.4, -0.2) is 31.7 Å². The van der Waals surface area contributed by atoms with E-state index in [1.807, 2.05) is 39.0 Å². The number of rotatable bonds is 9. The topological polar surface area (TPSA) is 97.7 Å². The third kappa shape index (κ3) is 6.72. The number of carbonyl (C=O) groups is 2. The molecule has 0 saturated heterocycles. The van der Waals surface area contributed by atoms with Crippen molar-refractivity contribution in [3.8, 4) is 17.6 Å². The minimum absolute atomic E-state index is 0.0515. The summed E-state index contributed by atoms with van der Waals surface area (Å²) in [5.41, 5.74) is 3.18. The van der Waals surface area contributed by atoms with E-state index in [4.69, 9.17) is 14.2 Å². The summed E-state index contributed by atoms with van der Waals surface area (Å²) in [5.74, 6) is -0.181. The number of nitrogens with one attached hydrogen (secondary N) is 1. The van der Waals surface area contributed by atoms with Gasteiger partial charge in [-0.25, -0.2) is 4.79 Å². The van der Waals surface area contributed by atoms with E-state index in [1.165, 1.54) is 6.08 Å². The summed E-state index contributed by atoms with van der Waals surface area (Å²) in [6, 6.07) is 11.0. The molecule has 2 aromatic rings. The fraction of sp³-hybridized carbons (Fsp3) is 0.292. The number of hydrogen-bond donors (Lipinski definition) is 1. The fourth-order valence-electron chi connectivity index (χ4n) is 2.80. The van der Waals surface area contributed by atoms with E-state index in [0.29, 0.717) is 32.9 Å². The van der Waals surface area contributed by atoms with E-state index in [-0.39, 0.29) is 18.8 Å².